The Labute approximate surface area is 170 Å². The number of nitrogen functional groups attached to an aromatic ring is 1. The number of furan rings is 1. The number of pyridine rings is 1. The van der Waals surface area contributed by atoms with Crippen LogP contribution in [0.15, 0.2) is 4.42 Å². The standard InChI is InChI=1S/C20H27N3O4S/c1-4-20(3)10-13-12(11-26-20)14-15(21)17(19(28)25-5-2)27-16(14)18(22-13)23-6-8-24-9-7-23/h4-11,21H2,1-3H3. The second kappa shape index (κ2) is 7.50. The van der Waals surface area contributed by atoms with Crippen LogP contribution >= 0.6 is 12.2 Å². The molecule has 0 spiro atoms. The first-order chi connectivity index (χ1) is 13.5. The van der Waals surface area contributed by atoms with Gasteiger partial charge in [0, 0.05) is 25.1 Å². The molecule has 2 aliphatic heterocycles. The molecular formula is C20H27N3O4S. The first-order valence-corrected chi connectivity index (χ1v) is 10.3. The van der Waals surface area contributed by atoms with E-state index in [1.807, 2.05) is 6.92 Å². The van der Waals surface area contributed by atoms with Crippen molar-refractivity contribution >= 4 is 39.7 Å². The molecule has 7 nitrogen and oxygen atoms in total. The van der Waals surface area contributed by atoms with Crippen LogP contribution < -0.4 is 10.6 Å². The number of aromatic nitrogens is 1. The number of hydrogen-bond donors (Lipinski definition) is 1. The van der Waals surface area contributed by atoms with Crippen molar-refractivity contribution in [2.24, 2.45) is 0 Å². The van der Waals surface area contributed by atoms with E-state index in [1.54, 1.807) is 0 Å². The molecule has 2 aromatic rings. The molecule has 0 radical (unpaired) electrons. The molecule has 1 atom stereocenters. The van der Waals surface area contributed by atoms with Gasteiger partial charge in [0.15, 0.2) is 11.4 Å². The van der Waals surface area contributed by atoms with Gasteiger partial charge in [-0.05, 0) is 32.5 Å². The van der Waals surface area contributed by atoms with Crippen molar-refractivity contribution in [2.75, 3.05) is 43.5 Å². The highest BCUT2D eigenvalue weighted by molar-refractivity contribution is 7.80. The Morgan fingerprint density at radius 2 is 2.07 bits per heavy atom. The van der Waals surface area contributed by atoms with Gasteiger partial charge >= 0.3 is 0 Å². The number of ether oxygens (including phenoxy) is 3. The molecule has 1 unspecified atom stereocenters. The van der Waals surface area contributed by atoms with Crippen molar-refractivity contribution in [1.82, 2.24) is 4.98 Å². The van der Waals surface area contributed by atoms with Crippen LogP contribution in [-0.2, 0) is 27.2 Å². The predicted molar refractivity (Wildman–Crippen MR) is 112 cm³/mol. The lowest BCUT2D eigenvalue weighted by atomic mass is 9.90. The highest BCUT2D eigenvalue weighted by Crippen LogP contribution is 2.42. The number of rotatable bonds is 4. The Balaban J connectivity index is 1.91. The molecule has 28 heavy (non-hydrogen) atoms. The zero-order valence-electron chi connectivity index (χ0n) is 16.7. The second-order valence-electron chi connectivity index (χ2n) is 7.50. The molecule has 0 aliphatic carbocycles. The van der Waals surface area contributed by atoms with E-state index in [0.717, 1.165) is 48.4 Å². The number of fused-ring (bicyclic) bond motifs is 3. The first kappa shape index (κ1) is 19.4. The van der Waals surface area contributed by atoms with E-state index in [1.165, 1.54) is 0 Å². The Morgan fingerprint density at radius 3 is 2.75 bits per heavy atom. The number of anilines is 2. The summed E-state index contributed by atoms with van der Waals surface area (Å²) in [5.74, 6) is 1.20. The van der Waals surface area contributed by atoms with E-state index < -0.39 is 0 Å². The van der Waals surface area contributed by atoms with Crippen LogP contribution in [0.4, 0.5) is 11.5 Å². The minimum Gasteiger partial charge on any atom is -0.481 e. The van der Waals surface area contributed by atoms with E-state index >= 15 is 0 Å². The normalized spacial score (nSPS) is 22.3. The molecule has 152 valence electrons. The summed E-state index contributed by atoms with van der Waals surface area (Å²) < 4.78 is 23.3. The monoisotopic (exact) mass is 405 g/mol. The van der Waals surface area contributed by atoms with Gasteiger partial charge in [0.1, 0.15) is 0 Å². The van der Waals surface area contributed by atoms with E-state index in [9.17, 15) is 0 Å². The van der Waals surface area contributed by atoms with Gasteiger partial charge in [-0.2, -0.15) is 0 Å². The fraction of sp³-hybridized carbons (Fsp3) is 0.600. The average molecular weight is 406 g/mol. The summed E-state index contributed by atoms with van der Waals surface area (Å²) in [5.41, 5.74) is 9.45. The SMILES string of the molecule is CCOC(=S)c1oc2c(N3CCOCC3)nc3c(c2c1N)COC(C)(CC)C3. The van der Waals surface area contributed by atoms with E-state index in [0.29, 0.717) is 43.5 Å². The fourth-order valence-electron chi connectivity index (χ4n) is 3.81. The van der Waals surface area contributed by atoms with Gasteiger partial charge in [0.25, 0.3) is 0 Å². The van der Waals surface area contributed by atoms with Crippen molar-refractivity contribution in [1.29, 1.82) is 0 Å². The Kier molecular flexibility index (Phi) is 5.20. The molecule has 0 aromatic carbocycles. The minimum atomic E-state index is -0.224. The molecule has 8 heteroatoms. The summed E-state index contributed by atoms with van der Waals surface area (Å²) >= 11 is 5.38. The van der Waals surface area contributed by atoms with Gasteiger partial charge < -0.3 is 29.3 Å². The van der Waals surface area contributed by atoms with Gasteiger partial charge in [-0.25, -0.2) is 4.98 Å². The van der Waals surface area contributed by atoms with Crippen LogP contribution in [0.25, 0.3) is 11.0 Å². The van der Waals surface area contributed by atoms with Crippen LogP contribution in [0, 0.1) is 0 Å². The Hall–Kier alpha value is -1.90. The quantitative estimate of drug-likeness (QED) is 0.777. The Bertz CT molecular complexity index is 907. The van der Waals surface area contributed by atoms with E-state index in [2.05, 4.69) is 18.7 Å². The molecular weight excluding hydrogens is 378 g/mol. The highest BCUT2D eigenvalue weighted by atomic mass is 32.1. The smallest absolute Gasteiger partial charge is 0.229 e. The summed E-state index contributed by atoms with van der Waals surface area (Å²) in [6.07, 6.45) is 1.65. The van der Waals surface area contributed by atoms with Crippen LogP contribution in [-0.4, -0.2) is 48.5 Å². The molecule has 1 fully saturated rings. The first-order valence-electron chi connectivity index (χ1n) is 9.85. The van der Waals surface area contributed by atoms with Crippen molar-refractivity contribution in [3.05, 3.63) is 17.0 Å². The number of hydrogen-bond acceptors (Lipinski definition) is 8. The molecule has 1 saturated heterocycles. The number of morpholine rings is 1. The molecule has 0 bridgehead atoms. The zero-order valence-corrected chi connectivity index (χ0v) is 17.5. The summed E-state index contributed by atoms with van der Waals surface area (Å²) in [6, 6.07) is 0. The van der Waals surface area contributed by atoms with Crippen molar-refractivity contribution in [3.8, 4) is 0 Å². The van der Waals surface area contributed by atoms with Gasteiger partial charge in [0.05, 0.1) is 48.8 Å². The number of thiocarbonyl (C=S) groups is 1. The maximum Gasteiger partial charge on any atom is 0.229 e. The van der Waals surface area contributed by atoms with Gasteiger partial charge in [-0.15, -0.1) is 0 Å². The largest absolute Gasteiger partial charge is 0.481 e. The molecule has 4 rings (SSSR count). The van der Waals surface area contributed by atoms with E-state index in [-0.39, 0.29) is 10.7 Å². The molecule has 4 heterocycles. The summed E-state index contributed by atoms with van der Waals surface area (Å²) in [4.78, 5) is 7.22. The lowest BCUT2D eigenvalue weighted by Crippen LogP contribution is -2.38. The maximum atomic E-state index is 6.50. The zero-order chi connectivity index (χ0) is 19.9. The third kappa shape index (κ3) is 3.23. The molecule has 0 amide bonds. The highest BCUT2D eigenvalue weighted by Gasteiger charge is 2.35. The van der Waals surface area contributed by atoms with Crippen LogP contribution in [0.1, 0.15) is 44.2 Å². The molecule has 2 aromatic heterocycles. The molecule has 2 N–H and O–H groups in total. The summed E-state index contributed by atoms with van der Waals surface area (Å²) in [7, 11) is 0. The van der Waals surface area contributed by atoms with Crippen molar-refractivity contribution in [3.63, 3.8) is 0 Å². The van der Waals surface area contributed by atoms with Crippen molar-refractivity contribution in [2.45, 2.75) is 45.8 Å². The third-order valence-electron chi connectivity index (χ3n) is 5.66. The third-order valence-corrected chi connectivity index (χ3v) is 5.97. The average Bonchev–Trinajstić information content (AvgIpc) is 3.06. The van der Waals surface area contributed by atoms with Crippen LogP contribution in [0.2, 0.25) is 0 Å². The Morgan fingerprint density at radius 1 is 1.32 bits per heavy atom. The number of nitrogens with zero attached hydrogens (tertiary/aromatic N) is 2. The van der Waals surface area contributed by atoms with Gasteiger partial charge in [-0.3, -0.25) is 0 Å². The number of nitrogens with two attached hydrogens (primary N) is 1. The lowest BCUT2D eigenvalue weighted by molar-refractivity contribution is -0.0568. The minimum absolute atomic E-state index is 0.224. The maximum absolute atomic E-state index is 6.50. The van der Waals surface area contributed by atoms with Crippen LogP contribution in [0.3, 0.4) is 0 Å². The van der Waals surface area contributed by atoms with Crippen molar-refractivity contribution < 1.29 is 18.6 Å². The van der Waals surface area contributed by atoms with Gasteiger partial charge in [0.2, 0.25) is 10.8 Å². The van der Waals surface area contributed by atoms with Gasteiger partial charge in [-0.1, -0.05) is 6.92 Å². The lowest BCUT2D eigenvalue weighted by Gasteiger charge is -2.35. The predicted octanol–water partition coefficient (Wildman–Crippen LogP) is 3.20. The second-order valence-corrected chi connectivity index (χ2v) is 7.87. The van der Waals surface area contributed by atoms with E-state index in [4.69, 9.17) is 41.6 Å². The molecule has 0 saturated carbocycles. The summed E-state index contributed by atoms with van der Waals surface area (Å²) in [5, 5.41) is 1.12. The van der Waals surface area contributed by atoms with Crippen LogP contribution in [0.5, 0.6) is 0 Å². The fourth-order valence-corrected chi connectivity index (χ4v) is 4.08. The molecule has 2 aliphatic rings. The topological polar surface area (TPSA) is 83.0 Å². The summed E-state index contributed by atoms with van der Waals surface area (Å²) in [6.45, 7) is 9.90.